The Morgan fingerprint density at radius 2 is 2.05 bits per heavy atom. The Hall–Kier alpha value is -1.44. The summed E-state index contributed by atoms with van der Waals surface area (Å²) >= 11 is 0. The van der Waals surface area contributed by atoms with E-state index in [0.29, 0.717) is 17.8 Å². The first-order valence-corrected chi connectivity index (χ1v) is 6.85. The highest BCUT2D eigenvalue weighted by molar-refractivity contribution is 5.35. The summed E-state index contributed by atoms with van der Waals surface area (Å²) in [6, 6.07) is 4.94. The quantitative estimate of drug-likeness (QED) is 0.832. The van der Waals surface area contributed by atoms with E-state index in [1.54, 1.807) is 6.20 Å². The van der Waals surface area contributed by atoms with Gasteiger partial charge in [0, 0.05) is 23.8 Å². The van der Waals surface area contributed by atoms with Crippen LogP contribution in [-0.4, -0.2) is 34.1 Å². The molecule has 4 heteroatoms. The summed E-state index contributed by atoms with van der Waals surface area (Å²) in [6.45, 7) is 1.88. The molecule has 0 spiro atoms. The molecule has 4 nitrogen and oxygen atoms in total. The lowest BCUT2D eigenvalue weighted by atomic mass is 9.81. The minimum absolute atomic E-state index is 0.447. The Bertz CT molecular complexity index is 535. The van der Waals surface area contributed by atoms with Gasteiger partial charge >= 0.3 is 0 Å². The lowest BCUT2D eigenvalue weighted by Crippen LogP contribution is -2.47. The molecule has 2 aliphatic rings. The largest absolute Gasteiger partial charge is 0.385 e. The van der Waals surface area contributed by atoms with Crippen molar-refractivity contribution in [1.82, 2.24) is 9.88 Å². The highest BCUT2D eigenvalue weighted by Gasteiger charge is 2.46. The van der Waals surface area contributed by atoms with Crippen LogP contribution in [0.15, 0.2) is 12.3 Å². The number of fused-ring (bicyclic) bond motifs is 2. The summed E-state index contributed by atoms with van der Waals surface area (Å²) in [5, 5.41) is 19.9. The summed E-state index contributed by atoms with van der Waals surface area (Å²) in [5.74, 6) is 0. The molecule has 0 saturated carbocycles. The van der Waals surface area contributed by atoms with Gasteiger partial charge in [0.1, 0.15) is 11.8 Å². The number of nitriles is 1. The molecule has 0 aliphatic carbocycles. The van der Waals surface area contributed by atoms with E-state index >= 15 is 0 Å². The molecule has 2 unspecified atom stereocenters. The summed E-state index contributed by atoms with van der Waals surface area (Å²) in [4.78, 5) is 6.57. The summed E-state index contributed by atoms with van der Waals surface area (Å²) in [5.41, 5.74) is 1.39. The second-order valence-corrected chi connectivity index (χ2v) is 5.99. The minimum Gasteiger partial charge on any atom is -0.385 e. The molecule has 2 aliphatic heterocycles. The average molecular weight is 257 g/mol. The highest BCUT2D eigenvalue weighted by Crippen LogP contribution is 2.44. The molecule has 1 aromatic heterocycles. The van der Waals surface area contributed by atoms with Crippen molar-refractivity contribution in [3.05, 3.63) is 29.1 Å². The van der Waals surface area contributed by atoms with Gasteiger partial charge in [-0.3, -0.25) is 0 Å². The molecular weight excluding hydrogens is 238 g/mol. The van der Waals surface area contributed by atoms with Gasteiger partial charge in [0.25, 0.3) is 0 Å². The van der Waals surface area contributed by atoms with Crippen LogP contribution in [0.1, 0.15) is 42.5 Å². The standard InChI is InChI=1S/C15H19N3O/c1-10-5-11(9-17-14(10)8-16)15(19)6-12-3-4-13(7-15)18(12)2/h5,9,12-13,19H,3-4,6-7H2,1-2H3. The van der Waals surface area contributed by atoms with E-state index in [0.717, 1.165) is 24.0 Å². The molecule has 1 N–H and O–H groups in total. The number of hydrogen-bond donors (Lipinski definition) is 1. The van der Waals surface area contributed by atoms with Gasteiger partial charge in [-0.2, -0.15) is 5.26 Å². The van der Waals surface area contributed by atoms with Crippen molar-refractivity contribution >= 4 is 0 Å². The number of aryl methyl sites for hydroxylation is 1. The number of aromatic nitrogens is 1. The summed E-state index contributed by atoms with van der Waals surface area (Å²) in [7, 11) is 2.16. The van der Waals surface area contributed by atoms with E-state index < -0.39 is 5.60 Å². The normalized spacial score (nSPS) is 34.2. The zero-order chi connectivity index (χ0) is 13.6. The fourth-order valence-corrected chi connectivity index (χ4v) is 3.63. The number of rotatable bonds is 1. The van der Waals surface area contributed by atoms with Crippen molar-refractivity contribution in [1.29, 1.82) is 5.26 Å². The van der Waals surface area contributed by atoms with Gasteiger partial charge < -0.3 is 10.0 Å². The maximum Gasteiger partial charge on any atom is 0.143 e. The predicted octanol–water partition coefficient (Wildman–Crippen LogP) is 1.71. The molecule has 100 valence electrons. The number of piperidine rings is 1. The van der Waals surface area contributed by atoms with Crippen molar-refractivity contribution in [2.45, 2.75) is 50.3 Å². The molecule has 2 atom stereocenters. The second-order valence-electron chi connectivity index (χ2n) is 5.99. The van der Waals surface area contributed by atoms with Crippen LogP contribution in [0.5, 0.6) is 0 Å². The van der Waals surface area contributed by atoms with Gasteiger partial charge in [0.15, 0.2) is 0 Å². The third-order valence-electron chi connectivity index (χ3n) is 4.85. The average Bonchev–Trinajstić information content (AvgIpc) is 2.63. The Kier molecular flexibility index (Phi) is 2.84. The van der Waals surface area contributed by atoms with Crippen LogP contribution >= 0.6 is 0 Å². The van der Waals surface area contributed by atoms with Crippen LogP contribution < -0.4 is 0 Å². The van der Waals surface area contributed by atoms with Gasteiger partial charge in [-0.05, 0) is 51.3 Å². The van der Waals surface area contributed by atoms with E-state index in [4.69, 9.17) is 5.26 Å². The molecule has 3 heterocycles. The fraction of sp³-hybridized carbons (Fsp3) is 0.600. The first-order chi connectivity index (χ1) is 9.03. The Morgan fingerprint density at radius 3 is 2.58 bits per heavy atom. The van der Waals surface area contributed by atoms with E-state index in [1.807, 2.05) is 13.0 Å². The lowest BCUT2D eigenvalue weighted by molar-refractivity contribution is -0.0495. The molecule has 0 radical (unpaired) electrons. The van der Waals surface area contributed by atoms with Gasteiger partial charge in [0.2, 0.25) is 0 Å². The highest BCUT2D eigenvalue weighted by atomic mass is 16.3. The Balaban J connectivity index is 1.94. The maximum absolute atomic E-state index is 11.0. The van der Waals surface area contributed by atoms with E-state index in [-0.39, 0.29) is 0 Å². The van der Waals surface area contributed by atoms with Crippen LogP contribution in [0.25, 0.3) is 0 Å². The molecule has 2 saturated heterocycles. The third-order valence-corrected chi connectivity index (χ3v) is 4.85. The first-order valence-electron chi connectivity index (χ1n) is 6.85. The summed E-state index contributed by atoms with van der Waals surface area (Å²) < 4.78 is 0. The van der Waals surface area contributed by atoms with E-state index in [1.165, 1.54) is 12.8 Å². The van der Waals surface area contributed by atoms with Crippen molar-refractivity contribution in [3.63, 3.8) is 0 Å². The molecule has 1 aromatic rings. The van der Waals surface area contributed by atoms with E-state index in [2.05, 4.69) is 23.0 Å². The second kappa shape index (κ2) is 4.29. The first kappa shape index (κ1) is 12.6. The van der Waals surface area contributed by atoms with Gasteiger partial charge in [-0.15, -0.1) is 0 Å². The van der Waals surface area contributed by atoms with Gasteiger partial charge in [-0.25, -0.2) is 4.98 Å². The Labute approximate surface area is 113 Å². The molecule has 2 bridgehead atoms. The minimum atomic E-state index is -0.774. The number of nitrogens with zero attached hydrogens (tertiary/aromatic N) is 3. The van der Waals surface area contributed by atoms with Crippen molar-refractivity contribution in [2.75, 3.05) is 7.05 Å². The van der Waals surface area contributed by atoms with Crippen LogP contribution in [-0.2, 0) is 5.60 Å². The van der Waals surface area contributed by atoms with Crippen LogP contribution in [0.3, 0.4) is 0 Å². The van der Waals surface area contributed by atoms with Crippen molar-refractivity contribution in [3.8, 4) is 6.07 Å². The molecule has 2 fully saturated rings. The van der Waals surface area contributed by atoms with Crippen molar-refractivity contribution < 1.29 is 5.11 Å². The monoisotopic (exact) mass is 257 g/mol. The molecule has 3 rings (SSSR count). The summed E-state index contributed by atoms with van der Waals surface area (Å²) in [6.07, 6.45) is 5.56. The molecule has 0 aromatic carbocycles. The predicted molar refractivity (Wildman–Crippen MR) is 71.4 cm³/mol. The SMILES string of the molecule is Cc1cc(C2(O)CC3CCC(C2)N3C)cnc1C#N. The molecular formula is C15H19N3O. The van der Waals surface area contributed by atoms with Crippen LogP contribution in [0, 0.1) is 18.3 Å². The zero-order valence-corrected chi connectivity index (χ0v) is 11.4. The number of aliphatic hydroxyl groups is 1. The number of hydrogen-bond acceptors (Lipinski definition) is 4. The fourth-order valence-electron chi connectivity index (χ4n) is 3.63. The molecule has 19 heavy (non-hydrogen) atoms. The van der Waals surface area contributed by atoms with Crippen LogP contribution in [0.2, 0.25) is 0 Å². The smallest absolute Gasteiger partial charge is 0.143 e. The Morgan fingerprint density at radius 1 is 1.42 bits per heavy atom. The topological polar surface area (TPSA) is 60.1 Å². The van der Waals surface area contributed by atoms with Gasteiger partial charge in [-0.1, -0.05) is 0 Å². The molecule has 0 amide bonds. The third kappa shape index (κ3) is 1.94. The maximum atomic E-state index is 11.0. The van der Waals surface area contributed by atoms with Crippen LogP contribution in [0.4, 0.5) is 0 Å². The van der Waals surface area contributed by atoms with E-state index in [9.17, 15) is 5.11 Å². The zero-order valence-electron chi connectivity index (χ0n) is 11.4. The van der Waals surface area contributed by atoms with Gasteiger partial charge in [0.05, 0.1) is 5.60 Å². The lowest BCUT2D eigenvalue weighted by Gasteiger charge is -2.42. The van der Waals surface area contributed by atoms with Crippen molar-refractivity contribution in [2.24, 2.45) is 0 Å². The number of pyridine rings is 1.